The van der Waals surface area contributed by atoms with Gasteiger partial charge in [0.2, 0.25) is 5.91 Å². The van der Waals surface area contributed by atoms with Gasteiger partial charge in [0.25, 0.3) is 0 Å². The van der Waals surface area contributed by atoms with Crippen molar-refractivity contribution in [2.24, 2.45) is 7.05 Å². The van der Waals surface area contributed by atoms with Crippen LogP contribution >= 0.6 is 0 Å². The van der Waals surface area contributed by atoms with Gasteiger partial charge in [0.05, 0.1) is 5.69 Å². The lowest BCUT2D eigenvalue weighted by Crippen LogP contribution is -2.07. The van der Waals surface area contributed by atoms with Crippen molar-refractivity contribution < 1.29 is 9.18 Å². The molecule has 104 valence electrons. The second-order valence-electron chi connectivity index (χ2n) is 4.54. The van der Waals surface area contributed by atoms with Gasteiger partial charge in [-0.25, -0.2) is 4.39 Å². The van der Waals surface area contributed by atoms with E-state index in [4.69, 9.17) is 0 Å². The van der Waals surface area contributed by atoms with Gasteiger partial charge in [-0.3, -0.25) is 9.48 Å². The Morgan fingerprint density at radius 3 is 2.50 bits per heavy atom. The van der Waals surface area contributed by atoms with E-state index in [1.807, 2.05) is 20.9 Å². The number of carbonyl (C=O) groups excluding carboxylic acids is 1. The molecule has 0 aliphatic carbocycles. The highest BCUT2D eigenvalue weighted by Gasteiger charge is 2.06. The van der Waals surface area contributed by atoms with E-state index < -0.39 is 0 Å². The summed E-state index contributed by atoms with van der Waals surface area (Å²) in [6, 6.07) is 5.63. The molecule has 2 rings (SSSR count). The molecular formula is C15H16FN3O. The van der Waals surface area contributed by atoms with E-state index in [0.29, 0.717) is 5.69 Å². The Kier molecular flexibility index (Phi) is 3.98. The maximum atomic E-state index is 12.7. The molecule has 1 aromatic carbocycles. The van der Waals surface area contributed by atoms with Gasteiger partial charge in [-0.2, -0.15) is 5.10 Å². The van der Waals surface area contributed by atoms with E-state index >= 15 is 0 Å². The normalized spacial score (nSPS) is 11.0. The first kappa shape index (κ1) is 14.0. The zero-order valence-corrected chi connectivity index (χ0v) is 11.6. The Labute approximate surface area is 116 Å². The van der Waals surface area contributed by atoms with Crippen LogP contribution in [-0.4, -0.2) is 15.7 Å². The summed E-state index contributed by atoms with van der Waals surface area (Å²) < 4.78 is 14.5. The molecule has 0 atom stereocenters. The monoisotopic (exact) mass is 273 g/mol. The zero-order valence-electron chi connectivity index (χ0n) is 11.6. The molecule has 0 radical (unpaired) electrons. The smallest absolute Gasteiger partial charge is 0.248 e. The number of aromatic nitrogens is 2. The average Bonchev–Trinajstić information content (AvgIpc) is 2.64. The van der Waals surface area contributed by atoms with Gasteiger partial charge in [-0.15, -0.1) is 0 Å². The van der Waals surface area contributed by atoms with Crippen LogP contribution < -0.4 is 5.32 Å². The van der Waals surface area contributed by atoms with Crippen LogP contribution in [0.4, 0.5) is 10.1 Å². The molecule has 0 spiro atoms. The lowest BCUT2D eigenvalue weighted by atomic mass is 10.2. The first-order valence-corrected chi connectivity index (χ1v) is 6.22. The lowest BCUT2D eigenvalue weighted by Gasteiger charge is -2.01. The minimum absolute atomic E-state index is 0.265. The summed E-state index contributed by atoms with van der Waals surface area (Å²) in [5, 5.41) is 6.94. The Morgan fingerprint density at radius 1 is 1.30 bits per heavy atom. The Morgan fingerprint density at radius 2 is 1.95 bits per heavy atom. The van der Waals surface area contributed by atoms with Crippen LogP contribution in [-0.2, 0) is 11.8 Å². The summed E-state index contributed by atoms with van der Waals surface area (Å²) in [4.78, 5) is 11.8. The van der Waals surface area contributed by atoms with Crippen LogP contribution in [0.15, 0.2) is 30.3 Å². The molecule has 20 heavy (non-hydrogen) atoms. The SMILES string of the molecule is Cc1nn(C)c(C)c1C=CC(=O)Nc1ccc(F)cc1. The molecule has 0 unspecified atom stereocenters. The number of hydrogen-bond donors (Lipinski definition) is 1. The fraction of sp³-hybridized carbons (Fsp3) is 0.200. The van der Waals surface area contributed by atoms with Gasteiger partial charge in [0, 0.05) is 30.1 Å². The van der Waals surface area contributed by atoms with Crippen molar-refractivity contribution in [3.05, 3.63) is 53.1 Å². The van der Waals surface area contributed by atoms with Gasteiger partial charge in [0.1, 0.15) is 5.82 Å². The number of amides is 1. The first-order valence-electron chi connectivity index (χ1n) is 6.22. The second-order valence-corrected chi connectivity index (χ2v) is 4.54. The molecule has 0 saturated carbocycles. The predicted molar refractivity (Wildman–Crippen MR) is 76.7 cm³/mol. The van der Waals surface area contributed by atoms with Crippen LogP contribution in [0.5, 0.6) is 0 Å². The number of benzene rings is 1. The summed E-state index contributed by atoms with van der Waals surface area (Å²) in [6.07, 6.45) is 3.18. The highest BCUT2D eigenvalue weighted by atomic mass is 19.1. The molecule has 0 bridgehead atoms. The largest absolute Gasteiger partial charge is 0.323 e. The number of anilines is 1. The molecule has 1 amide bonds. The fourth-order valence-electron chi connectivity index (χ4n) is 1.91. The summed E-state index contributed by atoms with van der Waals surface area (Å²) in [6.45, 7) is 3.84. The topological polar surface area (TPSA) is 46.9 Å². The number of carbonyl (C=O) groups is 1. The van der Waals surface area contributed by atoms with E-state index in [1.54, 1.807) is 10.8 Å². The molecule has 1 heterocycles. The third-order valence-electron chi connectivity index (χ3n) is 3.08. The molecule has 5 heteroatoms. The third kappa shape index (κ3) is 3.12. The van der Waals surface area contributed by atoms with Crippen LogP contribution in [0, 0.1) is 19.7 Å². The first-order chi connectivity index (χ1) is 9.47. The predicted octanol–water partition coefficient (Wildman–Crippen LogP) is 2.83. The quantitative estimate of drug-likeness (QED) is 0.874. The molecule has 0 saturated heterocycles. The van der Waals surface area contributed by atoms with Gasteiger partial charge in [-0.05, 0) is 44.2 Å². The summed E-state index contributed by atoms with van der Waals surface area (Å²) in [5.41, 5.74) is 3.35. The van der Waals surface area contributed by atoms with Crippen molar-refractivity contribution in [2.45, 2.75) is 13.8 Å². The molecule has 0 aliphatic rings. The molecule has 1 N–H and O–H groups in total. The van der Waals surface area contributed by atoms with Gasteiger partial charge in [-0.1, -0.05) is 0 Å². The minimum Gasteiger partial charge on any atom is -0.323 e. The van der Waals surface area contributed by atoms with E-state index in [2.05, 4.69) is 10.4 Å². The van der Waals surface area contributed by atoms with Crippen LogP contribution in [0.2, 0.25) is 0 Å². The van der Waals surface area contributed by atoms with Gasteiger partial charge >= 0.3 is 0 Å². The maximum Gasteiger partial charge on any atom is 0.248 e. The van der Waals surface area contributed by atoms with E-state index in [9.17, 15) is 9.18 Å². The standard InChI is InChI=1S/C15H16FN3O/c1-10-14(11(2)19(3)18-10)8-9-15(20)17-13-6-4-12(16)5-7-13/h4-9H,1-3H3,(H,17,20). The minimum atomic E-state index is -0.333. The molecule has 2 aromatic rings. The van der Waals surface area contributed by atoms with Crippen LogP contribution in [0.3, 0.4) is 0 Å². The van der Waals surface area contributed by atoms with Crippen molar-refractivity contribution in [3.8, 4) is 0 Å². The fourth-order valence-corrected chi connectivity index (χ4v) is 1.91. The number of nitrogens with one attached hydrogen (secondary N) is 1. The highest BCUT2D eigenvalue weighted by Crippen LogP contribution is 2.14. The van der Waals surface area contributed by atoms with Gasteiger partial charge in [0.15, 0.2) is 0 Å². The van der Waals surface area contributed by atoms with Crippen molar-refractivity contribution >= 4 is 17.7 Å². The van der Waals surface area contributed by atoms with Crippen LogP contribution in [0.1, 0.15) is 17.0 Å². The van der Waals surface area contributed by atoms with Gasteiger partial charge < -0.3 is 5.32 Å². The average molecular weight is 273 g/mol. The summed E-state index contributed by atoms with van der Waals surface area (Å²) >= 11 is 0. The molecule has 0 fully saturated rings. The second kappa shape index (κ2) is 5.69. The van der Waals surface area contributed by atoms with E-state index in [1.165, 1.54) is 30.3 Å². The zero-order chi connectivity index (χ0) is 14.7. The van der Waals surface area contributed by atoms with Crippen LogP contribution in [0.25, 0.3) is 6.08 Å². The third-order valence-corrected chi connectivity index (χ3v) is 3.08. The maximum absolute atomic E-state index is 12.7. The highest BCUT2D eigenvalue weighted by molar-refractivity contribution is 6.02. The van der Waals surface area contributed by atoms with Crippen molar-refractivity contribution in [3.63, 3.8) is 0 Å². The van der Waals surface area contributed by atoms with E-state index in [-0.39, 0.29) is 11.7 Å². The van der Waals surface area contributed by atoms with Crippen molar-refractivity contribution in [2.75, 3.05) is 5.32 Å². The molecule has 0 aliphatic heterocycles. The number of aryl methyl sites for hydroxylation is 2. The number of halogens is 1. The van der Waals surface area contributed by atoms with Crippen molar-refractivity contribution in [1.29, 1.82) is 0 Å². The number of nitrogens with zero attached hydrogens (tertiary/aromatic N) is 2. The summed E-state index contributed by atoms with van der Waals surface area (Å²) in [5.74, 6) is -0.598. The number of rotatable bonds is 3. The Bertz CT molecular complexity index is 657. The lowest BCUT2D eigenvalue weighted by molar-refractivity contribution is -0.111. The molecule has 4 nitrogen and oxygen atoms in total. The molecular weight excluding hydrogens is 257 g/mol. The molecule has 1 aromatic heterocycles. The Balaban J connectivity index is 2.07. The van der Waals surface area contributed by atoms with Crippen molar-refractivity contribution in [1.82, 2.24) is 9.78 Å². The number of hydrogen-bond acceptors (Lipinski definition) is 2. The summed E-state index contributed by atoms with van der Waals surface area (Å²) in [7, 11) is 1.86. The van der Waals surface area contributed by atoms with E-state index in [0.717, 1.165) is 17.0 Å². The Hall–Kier alpha value is -2.43.